The van der Waals surface area contributed by atoms with Crippen LogP contribution in [-0.4, -0.2) is 44.4 Å². The summed E-state index contributed by atoms with van der Waals surface area (Å²) in [5.41, 5.74) is 0. The Morgan fingerprint density at radius 1 is 0.700 bits per heavy atom. The van der Waals surface area contributed by atoms with E-state index in [0.29, 0.717) is 30.1 Å². The van der Waals surface area contributed by atoms with Gasteiger partial charge in [-0.3, -0.25) is 0 Å². The van der Waals surface area contributed by atoms with E-state index in [4.69, 9.17) is 18.9 Å². The Morgan fingerprint density at radius 3 is 2.15 bits per heavy atom. The second kappa shape index (κ2) is 5.56. The third kappa shape index (κ3) is 2.76. The van der Waals surface area contributed by atoms with Crippen LogP contribution in [0.25, 0.3) is 0 Å². The van der Waals surface area contributed by atoms with Gasteiger partial charge in [0.25, 0.3) is 0 Å². The Morgan fingerprint density at radius 2 is 1.45 bits per heavy atom. The maximum atomic E-state index is 6.02. The molecule has 5 atom stereocenters. The third-order valence-electron chi connectivity index (χ3n) is 5.58. The molecule has 20 heavy (non-hydrogen) atoms. The van der Waals surface area contributed by atoms with E-state index in [2.05, 4.69) is 6.92 Å². The summed E-state index contributed by atoms with van der Waals surface area (Å²) in [6.07, 6.45) is 7.54. The van der Waals surface area contributed by atoms with E-state index in [1.54, 1.807) is 0 Å². The molecule has 1 saturated carbocycles. The molecule has 3 saturated heterocycles. The number of hydrogen-bond donors (Lipinski definition) is 0. The van der Waals surface area contributed by atoms with Gasteiger partial charge in [0, 0.05) is 11.8 Å². The van der Waals surface area contributed by atoms with Crippen LogP contribution >= 0.6 is 0 Å². The highest BCUT2D eigenvalue weighted by molar-refractivity contribution is 4.94. The summed E-state index contributed by atoms with van der Waals surface area (Å²) >= 11 is 0. The fourth-order valence-corrected chi connectivity index (χ4v) is 4.06. The number of epoxide rings is 1. The molecule has 0 spiro atoms. The van der Waals surface area contributed by atoms with E-state index in [9.17, 15) is 0 Å². The van der Waals surface area contributed by atoms with Gasteiger partial charge in [-0.15, -0.1) is 0 Å². The monoisotopic (exact) mass is 282 g/mol. The van der Waals surface area contributed by atoms with Gasteiger partial charge in [-0.2, -0.15) is 0 Å². The zero-order chi connectivity index (χ0) is 13.5. The molecule has 4 fully saturated rings. The molecule has 3 aliphatic heterocycles. The fourth-order valence-electron chi connectivity index (χ4n) is 4.06. The minimum atomic E-state index is -0.0349. The van der Waals surface area contributed by atoms with Crippen molar-refractivity contribution in [3.05, 3.63) is 0 Å². The van der Waals surface area contributed by atoms with Crippen molar-refractivity contribution in [3.8, 4) is 0 Å². The summed E-state index contributed by atoms with van der Waals surface area (Å²) in [6, 6.07) is 0. The largest absolute Gasteiger partial charge is 0.378 e. The van der Waals surface area contributed by atoms with Crippen LogP contribution in [0.5, 0.6) is 0 Å². The predicted octanol–water partition coefficient (Wildman–Crippen LogP) is 2.36. The van der Waals surface area contributed by atoms with E-state index >= 15 is 0 Å². The van der Waals surface area contributed by atoms with Crippen molar-refractivity contribution >= 4 is 0 Å². The van der Waals surface area contributed by atoms with Crippen molar-refractivity contribution in [1.29, 1.82) is 0 Å². The smallest absolute Gasteiger partial charge is 0.162 e. The molecule has 0 amide bonds. The van der Waals surface area contributed by atoms with E-state index in [0.717, 1.165) is 38.6 Å². The maximum absolute atomic E-state index is 6.02. The van der Waals surface area contributed by atoms with Gasteiger partial charge in [0.2, 0.25) is 0 Å². The molecular formula is C16H26O4. The van der Waals surface area contributed by atoms with Gasteiger partial charge in [-0.25, -0.2) is 0 Å². The Kier molecular flexibility index (Phi) is 3.75. The lowest BCUT2D eigenvalue weighted by molar-refractivity contribution is -0.246. The highest BCUT2D eigenvalue weighted by Gasteiger charge is 2.46. The van der Waals surface area contributed by atoms with Crippen molar-refractivity contribution in [3.63, 3.8) is 0 Å². The minimum absolute atomic E-state index is 0.0349. The van der Waals surface area contributed by atoms with Gasteiger partial charge in [-0.1, -0.05) is 0 Å². The van der Waals surface area contributed by atoms with Crippen molar-refractivity contribution in [2.75, 3.05) is 19.8 Å². The average Bonchev–Trinajstić information content (AvgIpc) is 3.27. The molecule has 4 nitrogen and oxygen atoms in total. The first-order valence-corrected chi connectivity index (χ1v) is 8.30. The lowest BCUT2D eigenvalue weighted by Crippen LogP contribution is -2.43. The molecular weight excluding hydrogens is 256 g/mol. The first-order valence-electron chi connectivity index (χ1n) is 8.30. The van der Waals surface area contributed by atoms with Crippen LogP contribution in [-0.2, 0) is 18.9 Å². The average molecular weight is 282 g/mol. The minimum Gasteiger partial charge on any atom is -0.378 e. The first-order chi connectivity index (χ1) is 9.79. The number of ether oxygens (including phenoxy) is 4. The highest BCUT2D eigenvalue weighted by Crippen LogP contribution is 2.43. The van der Waals surface area contributed by atoms with Crippen molar-refractivity contribution in [2.45, 2.75) is 63.6 Å². The third-order valence-corrected chi connectivity index (χ3v) is 5.58. The maximum Gasteiger partial charge on any atom is 0.162 e. The zero-order valence-corrected chi connectivity index (χ0v) is 12.3. The molecule has 0 N–H and O–H groups in total. The summed E-state index contributed by atoms with van der Waals surface area (Å²) in [5, 5.41) is 0. The first kappa shape index (κ1) is 13.5. The molecule has 4 rings (SSSR count). The van der Waals surface area contributed by atoms with E-state index in [-0.39, 0.29) is 6.29 Å². The Bertz CT molecular complexity index is 331. The molecule has 0 aromatic carbocycles. The summed E-state index contributed by atoms with van der Waals surface area (Å²) in [7, 11) is 0. The SMILES string of the molecule is CC1CCC(C2OCC(C3CCC4OC4C3)CO2)CO1. The van der Waals surface area contributed by atoms with Crippen LogP contribution in [0.2, 0.25) is 0 Å². The molecule has 3 heterocycles. The van der Waals surface area contributed by atoms with Crippen LogP contribution in [0.4, 0.5) is 0 Å². The predicted molar refractivity (Wildman–Crippen MR) is 73.3 cm³/mol. The van der Waals surface area contributed by atoms with E-state index in [1.165, 1.54) is 19.3 Å². The van der Waals surface area contributed by atoms with Gasteiger partial charge in [-0.05, 0) is 44.9 Å². The molecule has 5 unspecified atom stereocenters. The van der Waals surface area contributed by atoms with Gasteiger partial charge < -0.3 is 18.9 Å². The normalized spacial score (nSPS) is 52.4. The molecule has 0 aromatic heterocycles. The second-order valence-electron chi connectivity index (χ2n) is 7.06. The van der Waals surface area contributed by atoms with Gasteiger partial charge in [0.1, 0.15) is 0 Å². The molecule has 114 valence electrons. The van der Waals surface area contributed by atoms with Gasteiger partial charge in [0.05, 0.1) is 38.1 Å². The number of fused-ring (bicyclic) bond motifs is 1. The fraction of sp³-hybridized carbons (Fsp3) is 1.00. The second-order valence-corrected chi connectivity index (χ2v) is 7.06. The van der Waals surface area contributed by atoms with Crippen LogP contribution in [0.1, 0.15) is 39.0 Å². The van der Waals surface area contributed by atoms with Gasteiger partial charge in [0.15, 0.2) is 6.29 Å². The summed E-state index contributed by atoms with van der Waals surface area (Å²) in [6.45, 7) is 4.65. The highest BCUT2D eigenvalue weighted by atomic mass is 16.7. The molecule has 0 aromatic rings. The van der Waals surface area contributed by atoms with Crippen molar-refractivity contribution < 1.29 is 18.9 Å². The van der Waals surface area contributed by atoms with Gasteiger partial charge >= 0.3 is 0 Å². The lowest BCUT2D eigenvalue weighted by Gasteiger charge is -2.39. The van der Waals surface area contributed by atoms with Crippen molar-refractivity contribution in [1.82, 2.24) is 0 Å². The molecule has 4 aliphatic rings. The topological polar surface area (TPSA) is 40.2 Å². The number of hydrogen-bond acceptors (Lipinski definition) is 4. The number of rotatable bonds is 2. The Balaban J connectivity index is 1.25. The summed E-state index contributed by atoms with van der Waals surface area (Å²) < 4.78 is 23.4. The van der Waals surface area contributed by atoms with Crippen LogP contribution < -0.4 is 0 Å². The van der Waals surface area contributed by atoms with Crippen LogP contribution in [0.3, 0.4) is 0 Å². The summed E-state index contributed by atoms with van der Waals surface area (Å²) in [5.74, 6) is 1.73. The lowest BCUT2D eigenvalue weighted by atomic mass is 9.80. The van der Waals surface area contributed by atoms with Crippen molar-refractivity contribution in [2.24, 2.45) is 17.8 Å². The Hall–Kier alpha value is -0.160. The molecule has 1 aliphatic carbocycles. The molecule has 0 radical (unpaired) electrons. The van der Waals surface area contributed by atoms with Crippen LogP contribution in [0.15, 0.2) is 0 Å². The standard InChI is InChI=1S/C16H26O4/c1-10-2-3-12(7-17-10)16-18-8-13(9-19-16)11-4-5-14-15(6-11)20-14/h10-16H,2-9H2,1H3. The summed E-state index contributed by atoms with van der Waals surface area (Å²) in [4.78, 5) is 0. The molecule has 0 bridgehead atoms. The quantitative estimate of drug-likeness (QED) is 0.729. The van der Waals surface area contributed by atoms with E-state index < -0.39 is 0 Å². The van der Waals surface area contributed by atoms with E-state index in [1.807, 2.05) is 0 Å². The van der Waals surface area contributed by atoms with Crippen LogP contribution in [0, 0.1) is 17.8 Å². The Labute approximate surface area is 121 Å². The molecule has 4 heteroatoms. The zero-order valence-electron chi connectivity index (χ0n) is 12.3.